The lowest BCUT2D eigenvalue weighted by Crippen LogP contribution is -2.25. The van der Waals surface area contributed by atoms with Crippen LogP contribution in [-0.2, 0) is 9.59 Å². The molecule has 0 spiro atoms. The summed E-state index contributed by atoms with van der Waals surface area (Å²) in [4.78, 5) is 23.7. The third-order valence-corrected chi connectivity index (χ3v) is 2.71. The highest BCUT2D eigenvalue weighted by molar-refractivity contribution is 5.95. The summed E-state index contributed by atoms with van der Waals surface area (Å²) in [6.45, 7) is 0.190. The Bertz CT molecular complexity index is 487. The lowest BCUT2D eigenvalue weighted by Gasteiger charge is -2.17. The number of ether oxygens (including phenoxy) is 1. The Hall–Kier alpha value is -2.24. The molecule has 0 saturated heterocycles. The molecular formula is C12H14N2O4. The maximum atomic E-state index is 11.7. The van der Waals surface area contributed by atoms with E-state index in [0.717, 1.165) is 0 Å². The fourth-order valence-corrected chi connectivity index (χ4v) is 1.74. The number of nitrogens with zero attached hydrogens (tertiary/aromatic N) is 1. The number of carboxylic acid groups (broad SMARTS) is 1. The number of rotatable bonds is 3. The molecule has 2 rings (SSSR count). The van der Waals surface area contributed by atoms with Gasteiger partial charge >= 0.3 is 5.97 Å². The summed E-state index contributed by atoms with van der Waals surface area (Å²) < 4.78 is 5.46. The van der Waals surface area contributed by atoms with Crippen LogP contribution >= 0.6 is 0 Å². The largest absolute Gasteiger partial charge is 0.491 e. The van der Waals surface area contributed by atoms with Crippen molar-refractivity contribution in [3.63, 3.8) is 0 Å². The van der Waals surface area contributed by atoms with Gasteiger partial charge in [-0.3, -0.25) is 9.59 Å². The number of benzene rings is 1. The second kappa shape index (κ2) is 4.95. The molecule has 6 nitrogen and oxygen atoms in total. The summed E-state index contributed by atoms with van der Waals surface area (Å²) in [5.41, 5.74) is 1.29. The second-order valence-corrected chi connectivity index (χ2v) is 3.98. The summed E-state index contributed by atoms with van der Waals surface area (Å²) in [6.07, 6.45) is 0.336. The van der Waals surface area contributed by atoms with Crippen LogP contribution in [-0.4, -0.2) is 37.2 Å². The Morgan fingerprint density at radius 1 is 1.56 bits per heavy atom. The van der Waals surface area contributed by atoms with Crippen molar-refractivity contribution < 1.29 is 19.4 Å². The van der Waals surface area contributed by atoms with E-state index >= 15 is 0 Å². The Labute approximate surface area is 104 Å². The SMILES string of the molecule is CN1C(=O)CCOc2ccc(NCC(=O)O)cc21. The average molecular weight is 250 g/mol. The molecule has 0 saturated carbocycles. The van der Waals surface area contributed by atoms with Gasteiger partial charge in [0, 0.05) is 12.7 Å². The first-order valence-electron chi connectivity index (χ1n) is 5.57. The molecular weight excluding hydrogens is 236 g/mol. The number of anilines is 2. The monoisotopic (exact) mass is 250 g/mol. The van der Waals surface area contributed by atoms with Crippen LogP contribution in [0.15, 0.2) is 18.2 Å². The molecule has 0 aromatic heterocycles. The molecule has 96 valence electrons. The molecule has 0 unspecified atom stereocenters. The Morgan fingerprint density at radius 3 is 3.06 bits per heavy atom. The van der Waals surface area contributed by atoms with Gasteiger partial charge in [-0.2, -0.15) is 0 Å². The molecule has 1 amide bonds. The van der Waals surface area contributed by atoms with E-state index in [9.17, 15) is 9.59 Å². The van der Waals surface area contributed by atoms with Gasteiger partial charge in [0.15, 0.2) is 0 Å². The number of carbonyl (C=O) groups is 2. The van der Waals surface area contributed by atoms with Gasteiger partial charge in [0.2, 0.25) is 5.91 Å². The predicted octanol–water partition coefficient (Wildman–Crippen LogP) is 0.928. The Morgan fingerprint density at radius 2 is 2.33 bits per heavy atom. The highest BCUT2D eigenvalue weighted by atomic mass is 16.5. The van der Waals surface area contributed by atoms with Gasteiger partial charge in [-0.15, -0.1) is 0 Å². The van der Waals surface area contributed by atoms with Crippen molar-refractivity contribution in [1.29, 1.82) is 0 Å². The first-order valence-corrected chi connectivity index (χ1v) is 5.57. The zero-order chi connectivity index (χ0) is 13.1. The van der Waals surface area contributed by atoms with E-state index in [1.54, 1.807) is 25.2 Å². The van der Waals surface area contributed by atoms with Crippen molar-refractivity contribution >= 4 is 23.3 Å². The van der Waals surface area contributed by atoms with Gasteiger partial charge in [-0.05, 0) is 18.2 Å². The number of hydrogen-bond donors (Lipinski definition) is 2. The Kier molecular flexibility index (Phi) is 3.36. The normalized spacial score (nSPS) is 14.5. The smallest absolute Gasteiger partial charge is 0.322 e. The number of carboxylic acids is 1. The molecule has 1 aromatic carbocycles. The van der Waals surface area contributed by atoms with Crippen LogP contribution in [0.25, 0.3) is 0 Å². The van der Waals surface area contributed by atoms with Crippen molar-refractivity contribution in [1.82, 2.24) is 0 Å². The van der Waals surface area contributed by atoms with Crippen LogP contribution in [0, 0.1) is 0 Å². The average Bonchev–Trinajstić information content (AvgIpc) is 2.48. The van der Waals surface area contributed by atoms with Gasteiger partial charge in [0.1, 0.15) is 12.3 Å². The summed E-state index contributed by atoms with van der Waals surface area (Å²) in [7, 11) is 1.68. The zero-order valence-electron chi connectivity index (χ0n) is 9.97. The maximum absolute atomic E-state index is 11.7. The second-order valence-electron chi connectivity index (χ2n) is 3.98. The van der Waals surface area contributed by atoms with Gasteiger partial charge in [0.05, 0.1) is 18.7 Å². The number of nitrogens with one attached hydrogen (secondary N) is 1. The zero-order valence-corrected chi connectivity index (χ0v) is 9.97. The highest BCUT2D eigenvalue weighted by Gasteiger charge is 2.20. The molecule has 18 heavy (non-hydrogen) atoms. The standard InChI is InChI=1S/C12H14N2O4/c1-14-9-6-8(13-7-12(16)17)2-3-10(9)18-5-4-11(14)15/h2-3,6,13H,4-5,7H2,1H3,(H,16,17). The van der Waals surface area contributed by atoms with E-state index in [2.05, 4.69) is 5.32 Å². The van der Waals surface area contributed by atoms with E-state index in [4.69, 9.17) is 9.84 Å². The van der Waals surface area contributed by atoms with E-state index < -0.39 is 5.97 Å². The Balaban J connectivity index is 2.26. The van der Waals surface area contributed by atoms with Crippen LogP contribution in [0.1, 0.15) is 6.42 Å². The van der Waals surface area contributed by atoms with Crippen LogP contribution in [0.4, 0.5) is 11.4 Å². The van der Waals surface area contributed by atoms with E-state index in [-0.39, 0.29) is 12.5 Å². The fourth-order valence-electron chi connectivity index (χ4n) is 1.74. The summed E-state index contributed by atoms with van der Waals surface area (Å²) in [5, 5.41) is 11.4. The minimum Gasteiger partial charge on any atom is -0.491 e. The minimum atomic E-state index is -0.939. The molecule has 1 heterocycles. The minimum absolute atomic E-state index is 0.0239. The molecule has 0 fully saturated rings. The summed E-state index contributed by atoms with van der Waals surface area (Å²) in [6, 6.07) is 5.17. The van der Waals surface area contributed by atoms with Gasteiger partial charge in [-0.1, -0.05) is 0 Å². The molecule has 0 atom stereocenters. The lowest BCUT2D eigenvalue weighted by molar-refractivity contribution is -0.135. The molecule has 0 radical (unpaired) electrons. The number of carbonyl (C=O) groups excluding carboxylic acids is 1. The van der Waals surface area contributed by atoms with Crippen LogP contribution in [0.3, 0.4) is 0 Å². The number of fused-ring (bicyclic) bond motifs is 1. The number of aliphatic carboxylic acids is 1. The molecule has 1 aliphatic rings. The quantitative estimate of drug-likeness (QED) is 0.834. The molecule has 0 bridgehead atoms. The lowest BCUT2D eigenvalue weighted by atomic mass is 10.2. The van der Waals surface area contributed by atoms with Gasteiger partial charge in [0.25, 0.3) is 0 Å². The topological polar surface area (TPSA) is 78.9 Å². The predicted molar refractivity (Wildman–Crippen MR) is 66.1 cm³/mol. The molecule has 1 aromatic rings. The first kappa shape index (κ1) is 12.2. The molecule has 6 heteroatoms. The van der Waals surface area contributed by atoms with Crippen molar-refractivity contribution in [2.75, 3.05) is 30.4 Å². The van der Waals surface area contributed by atoms with Gasteiger partial charge < -0.3 is 20.1 Å². The summed E-state index contributed by atoms with van der Waals surface area (Å²) in [5.74, 6) is -0.334. The maximum Gasteiger partial charge on any atom is 0.322 e. The highest BCUT2D eigenvalue weighted by Crippen LogP contribution is 2.33. The van der Waals surface area contributed by atoms with Crippen LogP contribution in [0.2, 0.25) is 0 Å². The summed E-state index contributed by atoms with van der Waals surface area (Å²) >= 11 is 0. The number of hydrogen-bond acceptors (Lipinski definition) is 4. The van der Waals surface area contributed by atoms with E-state index in [1.807, 2.05) is 0 Å². The molecule has 2 N–H and O–H groups in total. The van der Waals surface area contributed by atoms with Crippen molar-refractivity contribution in [3.8, 4) is 5.75 Å². The first-order chi connectivity index (χ1) is 8.58. The molecule has 1 aliphatic heterocycles. The third kappa shape index (κ3) is 2.53. The van der Waals surface area contributed by atoms with E-state index in [0.29, 0.717) is 30.2 Å². The van der Waals surface area contributed by atoms with Crippen molar-refractivity contribution in [3.05, 3.63) is 18.2 Å². The van der Waals surface area contributed by atoms with E-state index in [1.165, 1.54) is 4.90 Å². The fraction of sp³-hybridized carbons (Fsp3) is 0.333. The van der Waals surface area contributed by atoms with Gasteiger partial charge in [-0.25, -0.2) is 0 Å². The molecule has 0 aliphatic carbocycles. The van der Waals surface area contributed by atoms with Crippen molar-refractivity contribution in [2.45, 2.75) is 6.42 Å². The van der Waals surface area contributed by atoms with Crippen LogP contribution in [0.5, 0.6) is 5.75 Å². The third-order valence-electron chi connectivity index (χ3n) is 2.71. The van der Waals surface area contributed by atoms with Crippen LogP contribution < -0.4 is 15.0 Å². The number of amides is 1. The van der Waals surface area contributed by atoms with Crippen molar-refractivity contribution in [2.24, 2.45) is 0 Å².